The molecule has 1 rings (SSSR count). The third-order valence-electron chi connectivity index (χ3n) is 3.70. The minimum absolute atomic E-state index is 0. The van der Waals surface area contributed by atoms with Crippen LogP contribution in [0.25, 0.3) is 0 Å². The van der Waals surface area contributed by atoms with E-state index in [0.717, 1.165) is 33.2 Å². The predicted octanol–water partition coefficient (Wildman–Crippen LogP) is -0.140. The Kier molecular flexibility index (Phi) is 13.9. The summed E-state index contributed by atoms with van der Waals surface area (Å²) in [6, 6.07) is 0. The molecule has 0 spiro atoms. The first-order valence-electron chi connectivity index (χ1n) is 6.89. The zero-order valence-electron chi connectivity index (χ0n) is 12.6. The Hall–Kier alpha value is 0.00688. The van der Waals surface area contributed by atoms with E-state index in [1.54, 1.807) is 7.05 Å². The van der Waals surface area contributed by atoms with E-state index in [4.69, 9.17) is 28.2 Å². The number of hydrogen-bond acceptors (Lipinski definition) is 5. The van der Waals surface area contributed by atoms with Crippen molar-refractivity contribution in [1.29, 1.82) is 0 Å². The molecule has 2 atom stereocenters. The van der Waals surface area contributed by atoms with Crippen LogP contribution in [0.4, 0.5) is 0 Å². The van der Waals surface area contributed by atoms with E-state index >= 15 is 0 Å². The first kappa shape index (κ1) is 23.3. The number of carboxylic acids is 1. The molecule has 0 aromatic heterocycles. The van der Waals surface area contributed by atoms with Crippen molar-refractivity contribution in [3.8, 4) is 0 Å². The Bertz CT molecular complexity index is 315. The van der Waals surface area contributed by atoms with Gasteiger partial charge in [0, 0.05) is 38.2 Å². The van der Waals surface area contributed by atoms with Crippen molar-refractivity contribution in [2.24, 2.45) is 17.4 Å². The number of nitrogens with one attached hydrogen (secondary N) is 1. The number of hydrogen-bond donors (Lipinski definition) is 5. The maximum absolute atomic E-state index is 11.0. The molecule has 1 saturated carbocycles. The molecular formula is C13H26BN3O3U-. The molecule has 0 saturated heterocycles. The molecule has 0 aromatic carbocycles. The molecule has 119 valence electrons. The molecule has 1 fully saturated rings. The van der Waals surface area contributed by atoms with Crippen molar-refractivity contribution < 1.29 is 46.0 Å². The minimum atomic E-state index is -1.02. The van der Waals surface area contributed by atoms with Gasteiger partial charge in [0.25, 0.3) is 7.48 Å². The zero-order chi connectivity index (χ0) is 15.6. The summed E-state index contributed by atoms with van der Waals surface area (Å²) in [5.74, 6) is -0.812. The summed E-state index contributed by atoms with van der Waals surface area (Å²) < 4.78 is 0. The van der Waals surface area contributed by atoms with Gasteiger partial charge in [0.15, 0.2) is 0 Å². The van der Waals surface area contributed by atoms with Crippen molar-refractivity contribution in [2.45, 2.75) is 44.0 Å². The molecule has 21 heavy (non-hydrogen) atoms. The van der Waals surface area contributed by atoms with Gasteiger partial charge in [0.05, 0.1) is 0 Å². The molecule has 1 aliphatic carbocycles. The molecule has 0 bridgehead atoms. The molecule has 0 amide bonds. The van der Waals surface area contributed by atoms with Gasteiger partial charge < -0.3 is 33.5 Å². The van der Waals surface area contributed by atoms with Crippen LogP contribution >= 0.6 is 0 Å². The van der Waals surface area contributed by atoms with Crippen LogP contribution in [0.1, 0.15) is 32.1 Å². The van der Waals surface area contributed by atoms with E-state index in [-0.39, 0.29) is 37.0 Å². The van der Waals surface area contributed by atoms with Gasteiger partial charge >= 0.3 is 5.97 Å². The van der Waals surface area contributed by atoms with Gasteiger partial charge in [-0.05, 0) is 31.7 Å². The number of aliphatic carboxylic acids is 1. The van der Waals surface area contributed by atoms with Gasteiger partial charge in [0.2, 0.25) is 0 Å². The molecule has 8 heteroatoms. The number of carbonyl (C=O) groups is 1. The van der Waals surface area contributed by atoms with E-state index in [9.17, 15) is 4.79 Å². The van der Waals surface area contributed by atoms with Crippen molar-refractivity contribution >= 4 is 13.5 Å². The third-order valence-corrected chi connectivity index (χ3v) is 3.70. The smallest absolute Gasteiger partial charge is 0.323 e. The third kappa shape index (κ3) is 8.27. The van der Waals surface area contributed by atoms with E-state index in [1.165, 1.54) is 0 Å². The molecule has 0 aliphatic heterocycles. The Morgan fingerprint density at radius 3 is 2.57 bits per heavy atom. The standard InChI is InChI=1S/C9H17BNO3.C4H9N2.U/c11-9(8(12)13)5-1-3-7(9)4-2-6-10-14;1-4(3-5)6-2;/h7,14H,1-6,11H2,(H,12,13);1,6H,3,5H2,2H3;/q;-1;. The Morgan fingerprint density at radius 1 is 1.57 bits per heavy atom. The van der Waals surface area contributed by atoms with Crippen molar-refractivity contribution in [1.82, 2.24) is 5.32 Å². The van der Waals surface area contributed by atoms with Gasteiger partial charge in [-0.2, -0.15) is 5.70 Å². The summed E-state index contributed by atoms with van der Waals surface area (Å²) in [5.41, 5.74) is 10.5. The minimum Gasteiger partial charge on any atom is -0.492 e. The monoisotopic (exact) mass is 521 g/mol. The van der Waals surface area contributed by atoms with Crippen molar-refractivity contribution in [2.75, 3.05) is 13.6 Å². The molecule has 0 aromatic rings. The summed E-state index contributed by atoms with van der Waals surface area (Å²) in [6.07, 6.45) is 4.60. The Labute approximate surface area is 151 Å². The van der Waals surface area contributed by atoms with Gasteiger partial charge in [0.1, 0.15) is 5.54 Å². The molecule has 1 radical (unpaired) electrons. The van der Waals surface area contributed by atoms with Crippen molar-refractivity contribution in [3.63, 3.8) is 0 Å². The SMILES string of the molecule is NC1(C(=O)O)CCCC1CCC[B]O.[CH-]=C(CN)NC.[U]. The van der Waals surface area contributed by atoms with Crippen molar-refractivity contribution in [3.05, 3.63) is 12.3 Å². The average Bonchev–Trinajstić information content (AvgIpc) is 2.82. The van der Waals surface area contributed by atoms with Gasteiger partial charge in [-0.15, -0.1) is 0 Å². The summed E-state index contributed by atoms with van der Waals surface area (Å²) in [6.45, 7) is 5.57. The first-order chi connectivity index (χ1) is 9.42. The van der Waals surface area contributed by atoms with E-state index < -0.39 is 11.5 Å². The number of nitrogens with two attached hydrogens (primary N) is 2. The summed E-state index contributed by atoms with van der Waals surface area (Å²) in [4.78, 5) is 11.0. The fraction of sp³-hybridized carbons (Fsp3) is 0.769. The van der Waals surface area contributed by atoms with Crippen LogP contribution in [-0.2, 0) is 4.79 Å². The number of carboxylic acid groups (broad SMARTS) is 1. The molecule has 6 nitrogen and oxygen atoms in total. The van der Waals surface area contributed by atoms with Gasteiger partial charge in [-0.1, -0.05) is 19.2 Å². The second-order valence-electron chi connectivity index (χ2n) is 5.03. The predicted molar refractivity (Wildman–Crippen MR) is 79.8 cm³/mol. The summed E-state index contributed by atoms with van der Waals surface area (Å²) in [7, 11) is 2.86. The van der Waals surface area contributed by atoms with Crippen LogP contribution in [0.3, 0.4) is 0 Å². The van der Waals surface area contributed by atoms with E-state index in [2.05, 4.69) is 5.32 Å². The van der Waals surface area contributed by atoms with Crippen LogP contribution in [-0.4, -0.2) is 42.7 Å². The largest absolute Gasteiger partial charge is 0.492 e. The maximum Gasteiger partial charge on any atom is 0.323 e. The maximum atomic E-state index is 11.0. The number of rotatable bonds is 7. The molecular weight excluding hydrogens is 495 g/mol. The second-order valence-corrected chi connectivity index (χ2v) is 5.03. The van der Waals surface area contributed by atoms with E-state index in [0.29, 0.717) is 25.0 Å². The van der Waals surface area contributed by atoms with Crippen LogP contribution in [0.15, 0.2) is 5.70 Å². The summed E-state index contributed by atoms with van der Waals surface area (Å²) >= 11 is 0. The normalized spacial score (nSPS) is 23.3. The van der Waals surface area contributed by atoms with E-state index in [1.807, 2.05) is 0 Å². The second kappa shape index (κ2) is 12.5. The number of likely N-dealkylation sites (N-methyl/N-ethyl adjacent to an activating group) is 1. The Balaban J connectivity index is 0. The molecule has 1 aliphatic rings. The van der Waals surface area contributed by atoms with Crippen LogP contribution in [0.5, 0.6) is 0 Å². The quantitative estimate of drug-likeness (QED) is 0.181. The first-order valence-corrected chi connectivity index (χ1v) is 6.89. The zero-order valence-corrected chi connectivity index (χ0v) is 16.8. The van der Waals surface area contributed by atoms with Gasteiger partial charge in [-0.3, -0.25) is 4.79 Å². The van der Waals surface area contributed by atoms with Crippen LogP contribution < -0.4 is 16.8 Å². The van der Waals surface area contributed by atoms with Gasteiger partial charge in [-0.25, -0.2) is 0 Å². The van der Waals surface area contributed by atoms with Crippen LogP contribution in [0, 0.1) is 43.6 Å². The molecule has 0 heterocycles. The molecule has 7 N–H and O–H groups in total. The topological polar surface area (TPSA) is 122 Å². The summed E-state index contributed by atoms with van der Waals surface area (Å²) in [5, 5.41) is 20.2. The molecule has 2 unspecified atom stereocenters. The van der Waals surface area contributed by atoms with Crippen LogP contribution in [0.2, 0.25) is 6.32 Å². The average molecular weight is 521 g/mol. The fourth-order valence-electron chi connectivity index (χ4n) is 2.34. The Morgan fingerprint density at radius 2 is 2.19 bits per heavy atom. The fourth-order valence-corrected chi connectivity index (χ4v) is 2.34.